The minimum atomic E-state index is -0.670. The molecule has 7 nitrogen and oxygen atoms in total. The maximum atomic E-state index is 12.4. The van der Waals surface area contributed by atoms with E-state index in [4.69, 9.17) is 22.1 Å². The number of nitriles is 2. The molecule has 0 aliphatic rings. The van der Waals surface area contributed by atoms with Gasteiger partial charge in [-0.1, -0.05) is 11.6 Å². The lowest BCUT2D eigenvalue weighted by molar-refractivity contribution is -0.385. The Hall–Kier alpha value is -2.64. The number of carbonyl (C=O) groups excluding carboxylic acids is 1. The Morgan fingerprint density at radius 1 is 1.29 bits per heavy atom. The van der Waals surface area contributed by atoms with Crippen molar-refractivity contribution in [2.24, 2.45) is 0 Å². The van der Waals surface area contributed by atoms with Crippen LogP contribution in [0.5, 0.6) is 0 Å². The Bertz CT molecular complexity index is 615. The van der Waals surface area contributed by atoms with Gasteiger partial charge < -0.3 is 4.90 Å². The monoisotopic (exact) mass is 306 g/mol. The number of nitro benzene ring substituents is 1. The molecular formula is C13H11ClN4O3. The number of nitrogens with zero attached hydrogens (tertiary/aromatic N) is 4. The summed E-state index contributed by atoms with van der Waals surface area (Å²) in [5, 5.41) is 28.4. The molecule has 8 heteroatoms. The normalized spacial score (nSPS) is 9.48. The van der Waals surface area contributed by atoms with Crippen LogP contribution in [0.2, 0.25) is 5.02 Å². The first kappa shape index (κ1) is 16.4. The van der Waals surface area contributed by atoms with Crippen LogP contribution in [0.4, 0.5) is 5.69 Å². The average molecular weight is 307 g/mol. The van der Waals surface area contributed by atoms with Gasteiger partial charge in [0.2, 0.25) is 0 Å². The molecule has 0 aromatic heterocycles. The quantitative estimate of drug-likeness (QED) is 0.592. The van der Waals surface area contributed by atoms with Gasteiger partial charge in [0.05, 0.1) is 29.9 Å². The molecule has 0 saturated heterocycles. The van der Waals surface area contributed by atoms with Gasteiger partial charge in [0, 0.05) is 24.2 Å². The largest absolute Gasteiger partial charge is 0.336 e. The molecule has 0 saturated carbocycles. The predicted octanol–water partition coefficient (Wildman–Crippen LogP) is 2.52. The summed E-state index contributed by atoms with van der Waals surface area (Å²) in [4.78, 5) is 23.9. The Balaban J connectivity index is 3.13. The van der Waals surface area contributed by atoms with Gasteiger partial charge in [-0.3, -0.25) is 14.9 Å². The van der Waals surface area contributed by atoms with Crippen molar-refractivity contribution in [3.63, 3.8) is 0 Å². The van der Waals surface area contributed by atoms with E-state index >= 15 is 0 Å². The van der Waals surface area contributed by atoms with Crippen LogP contribution in [0.3, 0.4) is 0 Å². The molecule has 21 heavy (non-hydrogen) atoms. The molecule has 0 heterocycles. The van der Waals surface area contributed by atoms with Crippen molar-refractivity contribution in [3.8, 4) is 12.1 Å². The van der Waals surface area contributed by atoms with E-state index in [9.17, 15) is 14.9 Å². The van der Waals surface area contributed by atoms with E-state index in [1.54, 1.807) is 0 Å². The van der Waals surface area contributed by atoms with Gasteiger partial charge >= 0.3 is 0 Å². The number of carbonyl (C=O) groups is 1. The van der Waals surface area contributed by atoms with Crippen LogP contribution >= 0.6 is 11.6 Å². The lowest BCUT2D eigenvalue weighted by atomic mass is 10.1. The highest BCUT2D eigenvalue weighted by atomic mass is 35.5. The van der Waals surface area contributed by atoms with Crippen molar-refractivity contribution >= 4 is 23.2 Å². The van der Waals surface area contributed by atoms with E-state index in [-0.39, 0.29) is 42.2 Å². The van der Waals surface area contributed by atoms with Crippen LogP contribution in [0, 0.1) is 32.8 Å². The summed E-state index contributed by atoms with van der Waals surface area (Å²) in [5.41, 5.74) is -0.508. The molecule has 0 bridgehead atoms. The summed E-state index contributed by atoms with van der Waals surface area (Å²) in [7, 11) is 0. The first-order valence-electron chi connectivity index (χ1n) is 5.98. The standard InChI is InChI=1S/C13H11ClN4O3/c14-10-3-4-12(18(20)21)11(9-10)13(19)17(7-1-5-15)8-2-6-16/h3-4,9H,1-2,7-8H2. The highest BCUT2D eigenvalue weighted by Gasteiger charge is 2.24. The van der Waals surface area contributed by atoms with Crippen LogP contribution in [0.15, 0.2) is 18.2 Å². The van der Waals surface area contributed by atoms with Gasteiger partial charge in [-0.15, -0.1) is 0 Å². The molecule has 0 aliphatic heterocycles. The Kier molecular flexibility index (Phi) is 6.12. The fraction of sp³-hybridized carbons (Fsp3) is 0.308. The minimum absolute atomic E-state index is 0.0749. The molecule has 1 amide bonds. The minimum Gasteiger partial charge on any atom is -0.336 e. The third kappa shape index (κ3) is 4.44. The number of hydrogen-bond acceptors (Lipinski definition) is 5. The number of benzene rings is 1. The van der Waals surface area contributed by atoms with Gasteiger partial charge in [0.15, 0.2) is 0 Å². The zero-order valence-electron chi connectivity index (χ0n) is 11.0. The molecule has 0 fully saturated rings. The molecule has 0 radical (unpaired) electrons. The van der Waals surface area contributed by atoms with Gasteiger partial charge in [-0.05, 0) is 12.1 Å². The molecule has 108 valence electrons. The summed E-state index contributed by atoms with van der Waals surface area (Å²) < 4.78 is 0. The Morgan fingerprint density at radius 2 is 1.86 bits per heavy atom. The van der Waals surface area contributed by atoms with Crippen molar-refractivity contribution in [3.05, 3.63) is 38.9 Å². The van der Waals surface area contributed by atoms with Crippen molar-refractivity contribution in [1.82, 2.24) is 4.90 Å². The average Bonchev–Trinajstić information content (AvgIpc) is 2.46. The smallest absolute Gasteiger partial charge is 0.282 e. The zero-order valence-corrected chi connectivity index (χ0v) is 11.7. The summed E-state index contributed by atoms with van der Waals surface area (Å²) in [5.74, 6) is -0.616. The second-order valence-corrected chi connectivity index (χ2v) is 4.46. The highest BCUT2D eigenvalue weighted by Crippen LogP contribution is 2.24. The molecule has 0 N–H and O–H groups in total. The van der Waals surface area contributed by atoms with Crippen molar-refractivity contribution in [2.75, 3.05) is 13.1 Å². The van der Waals surface area contributed by atoms with Crippen LogP contribution < -0.4 is 0 Å². The molecule has 0 atom stereocenters. The van der Waals surface area contributed by atoms with Crippen LogP contribution in [-0.2, 0) is 0 Å². The number of amides is 1. The number of hydrogen-bond donors (Lipinski definition) is 0. The maximum Gasteiger partial charge on any atom is 0.282 e. The van der Waals surface area contributed by atoms with E-state index in [0.29, 0.717) is 0 Å². The molecule has 0 unspecified atom stereocenters. The molecule has 0 aliphatic carbocycles. The lowest BCUT2D eigenvalue weighted by Crippen LogP contribution is -2.33. The maximum absolute atomic E-state index is 12.4. The second kappa shape index (κ2) is 7.83. The molecule has 1 rings (SSSR count). The van der Waals surface area contributed by atoms with Crippen molar-refractivity contribution in [1.29, 1.82) is 10.5 Å². The SMILES string of the molecule is N#CCCN(CCC#N)C(=O)c1cc(Cl)ccc1[N+](=O)[O-]. The highest BCUT2D eigenvalue weighted by molar-refractivity contribution is 6.31. The van der Waals surface area contributed by atoms with E-state index in [2.05, 4.69) is 0 Å². The van der Waals surface area contributed by atoms with E-state index in [1.807, 2.05) is 12.1 Å². The van der Waals surface area contributed by atoms with E-state index in [1.165, 1.54) is 17.0 Å². The van der Waals surface area contributed by atoms with Crippen LogP contribution in [-0.4, -0.2) is 28.8 Å². The lowest BCUT2D eigenvalue weighted by Gasteiger charge is -2.20. The predicted molar refractivity (Wildman–Crippen MR) is 74.5 cm³/mol. The Labute approximate surface area is 126 Å². The fourth-order valence-electron chi connectivity index (χ4n) is 1.69. The van der Waals surface area contributed by atoms with E-state index < -0.39 is 10.8 Å². The number of rotatable bonds is 6. The van der Waals surface area contributed by atoms with Crippen molar-refractivity contribution in [2.45, 2.75) is 12.8 Å². The molecule has 1 aromatic rings. The summed E-state index contributed by atoms with van der Waals surface area (Å²) >= 11 is 5.78. The summed E-state index contributed by atoms with van der Waals surface area (Å²) in [6, 6.07) is 7.48. The fourth-order valence-corrected chi connectivity index (χ4v) is 1.87. The van der Waals surface area contributed by atoms with Gasteiger partial charge in [-0.2, -0.15) is 10.5 Å². The van der Waals surface area contributed by atoms with Gasteiger partial charge in [0.1, 0.15) is 5.56 Å². The third-order valence-electron chi connectivity index (χ3n) is 2.66. The Morgan fingerprint density at radius 3 is 2.33 bits per heavy atom. The second-order valence-electron chi connectivity index (χ2n) is 4.03. The van der Waals surface area contributed by atoms with Gasteiger partial charge in [0.25, 0.3) is 11.6 Å². The number of halogens is 1. The topological polar surface area (TPSA) is 111 Å². The molecule has 0 spiro atoms. The first-order valence-corrected chi connectivity index (χ1v) is 6.36. The van der Waals surface area contributed by atoms with E-state index in [0.717, 1.165) is 6.07 Å². The van der Waals surface area contributed by atoms with Gasteiger partial charge in [-0.25, -0.2) is 0 Å². The van der Waals surface area contributed by atoms with Crippen molar-refractivity contribution < 1.29 is 9.72 Å². The number of nitro groups is 1. The summed E-state index contributed by atoms with van der Waals surface area (Å²) in [6.45, 7) is 0.196. The first-order chi connectivity index (χ1) is 10.0. The van der Waals surface area contributed by atoms with Crippen LogP contribution in [0.1, 0.15) is 23.2 Å². The zero-order chi connectivity index (χ0) is 15.8. The summed E-state index contributed by atoms with van der Waals surface area (Å²) in [6.07, 6.45) is 0.150. The molecule has 1 aromatic carbocycles. The third-order valence-corrected chi connectivity index (χ3v) is 2.90. The van der Waals surface area contributed by atoms with Crippen LogP contribution in [0.25, 0.3) is 0 Å². The molecular weight excluding hydrogens is 296 g/mol.